The van der Waals surface area contributed by atoms with Crippen LogP contribution in [0.25, 0.3) is 0 Å². The minimum Gasteiger partial charge on any atom is -0.385 e. The number of rotatable bonds is 2. The molecule has 19 heavy (non-hydrogen) atoms. The Morgan fingerprint density at radius 2 is 2.37 bits per heavy atom. The summed E-state index contributed by atoms with van der Waals surface area (Å²) in [5.74, 6) is 0. The summed E-state index contributed by atoms with van der Waals surface area (Å²) >= 11 is 1.33. The van der Waals surface area contributed by atoms with Gasteiger partial charge in [0.25, 0.3) is 5.24 Å². The SMILES string of the molecule is CCC1SC(=O)NN=C1c1ccc2c(c1)CCCN2. The number of hydrogen-bond donors (Lipinski definition) is 2. The van der Waals surface area contributed by atoms with Crippen molar-refractivity contribution in [3.8, 4) is 0 Å². The molecular weight excluding hydrogens is 258 g/mol. The maximum absolute atomic E-state index is 11.4. The number of fused-ring (bicyclic) bond motifs is 1. The first kappa shape index (κ1) is 12.5. The molecule has 1 aromatic rings. The van der Waals surface area contributed by atoms with Crippen LogP contribution in [0.2, 0.25) is 0 Å². The zero-order valence-corrected chi connectivity index (χ0v) is 11.7. The fourth-order valence-electron chi connectivity index (χ4n) is 2.55. The molecule has 1 aromatic carbocycles. The summed E-state index contributed by atoms with van der Waals surface area (Å²) in [7, 11) is 0. The molecule has 0 aromatic heterocycles. The van der Waals surface area contributed by atoms with E-state index in [4.69, 9.17) is 0 Å². The third-order valence-electron chi connectivity index (χ3n) is 3.53. The van der Waals surface area contributed by atoms with Gasteiger partial charge in [0.2, 0.25) is 0 Å². The number of nitrogens with zero attached hydrogens (tertiary/aromatic N) is 1. The molecule has 2 aliphatic heterocycles. The van der Waals surface area contributed by atoms with Gasteiger partial charge in [0, 0.05) is 12.2 Å². The average Bonchev–Trinajstić information content (AvgIpc) is 2.46. The number of amides is 1. The smallest absolute Gasteiger partial charge is 0.299 e. The lowest BCUT2D eigenvalue weighted by Gasteiger charge is -2.23. The highest BCUT2D eigenvalue weighted by Crippen LogP contribution is 2.28. The molecule has 0 saturated carbocycles. The van der Waals surface area contributed by atoms with Gasteiger partial charge in [0.05, 0.1) is 11.0 Å². The van der Waals surface area contributed by atoms with Crippen molar-refractivity contribution in [1.82, 2.24) is 5.43 Å². The topological polar surface area (TPSA) is 53.5 Å². The summed E-state index contributed by atoms with van der Waals surface area (Å²) in [5.41, 5.74) is 7.27. The summed E-state index contributed by atoms with van der Waals surface area (Å²) in [6, 6.07) is 6.43. The van der Waals surface area contributed by atoms with Gasteiger partial charge in [-0.1, -0.05) is 24.8 Å². The molecule has 0 saturated heterocycles. The molecule has 3 rings (SSSR count). The normalized spacial score (nSPS) is 22.1. The molecule has 1 atom stereocenters. The van der Waals surface area contributed by atoms with Gasteiger partial charge in [0.1, 0.15) is 0 Å². The summed E-state index contributed by atoms with van der Waals surface area (Å²) in [5, 5.41) is 7.76. The second kappa shape index (κ2) is 5.25. The Labute approximate surface area is 117 Å². The van der Waals surface area contributed by atoms with Gasteiger partial charge in [-0.05, 0) is 42.5 Å². The lowest BCUT2D eigenvalue weighted by molar-refractivity contribution is 0.260. The summed E-state index contributed by atoms with van der Waals surface area (Å²) in [6.45, 7) is 3.14. The number of nitrogens with one attached hydrogen (secondary N) is 2. The second-order valence-corrected chi connectivity index (χ2v) is 5.99. The molecular formula is C14H17N3OS. The first-order chi connectivity index (χ1) is 9.28. The molecule has 1 unspecified atom stereocenters. The van der Waals surface area contributed by atoms with Crippen molar-refractivity contribution in [2.24, 2.45) is 5.10 Å². The van der Waals surface area contributed by atoms with Crippen molar-refractivity contribution in [2.45, 2.75) is 31.4 Å². The predicted molar refractivity (Wildman–Crippen MR) is 80.0 cm³/mol. The zero-order valence-electron chi connectivity index (χ0n) is 10.9. The fraction of sp³-hybridized carbons (Fsp3) is 0.429. The molecule has 4 nitrogen and oxygen atoms in total. The predicted octanol–water partition coefficient (Wildman–Crippen LogP) is 2.98. The number of thioether (sulfide) groups is 1. The van der Waals surface area contributed by atoms with Crippen molar-refractivity contribution in [1.29, 1.82) is 0 Å². The highest BCUT2D eigenvalue weighted by Gasteiger charge is 2.25. The van der Waals surface area contributed by atoms with E-state index in [1.807, 2.05) is 0 Å². The quantitative estimate of drug-likeness (QED) is 0.872. The Kier molecular flexibility index (Phi) is 3.46. The third-order valence-corrected chi connectivity index (χ3v) is 4.68. The summed E-state index contributed by atoms with van der Waals surface area (Å²) < 4.78 is 0. The van der Waals surface area contributed by atoms with Gasteiger partial charge in [-0.2, -0.15) is 5.10 Å². The average molecular weight is 275 g/mol. The van der Waals surface area contributed by atoms with Gasteiger partial charge >= 0.3 is 0 Å². The van der Waals surface area contributed by atoms with E-state index >= 15 is 0 Å². The minimum atomic E-state index is -0.0600. The standard InChI is InChI=1S/C14H17N3OS/c1-2-12-13(16-17-14(18)19-12)10-5-6-11-9(8-10)4-3-7-15-11/h5-6,8,12,15H,2-4,7H2,1H3,(H,17,18). The molecule has 0 aliphatic carbocycles. The van der Waals surface area contributed by atoms with Crippen LogP contribution in [-0.4, -0.2) is 22.7 Å². The van der Waals surface area contributed by atoms with Crippen molar-refractivity contribution >= 4 is 28.4 Å². The number of anilines is 1. The van der Waals surface area contributed by atoms with E-state index < -0.39 is 0 Å². The number of hydrogen-bond acceptors (Lipinski definition) is 4. The van der Waals surface area contributed by atoms with E-state index in [0.29, 0.717) is 0 Å². The Hall–Kier alpha value is -1.49. The number of aryl methyl sites for hydroxylation is 1. The second-order valence-electron chi connectivity index (χ2n) is 4.81. The number of carbonyl (C=O) groups excluding carboxylic acids is 1. The van der Waals surface area contributed by atoms with Crippen LogP contribution in [0.1, 0.15) is 30.9 Å². The first-order valence-electron chi connectivity index (χ1n) is 6.69. The molecule has 2 N–H and O–H groups in total. The molecule has 2 heterocycles. The summed E-state index contributed by atoms with van der Waals surface area (Å²) in [4.78, 5) is 11.4. The van der Waals surface area contributed by atoms with E-state index in [-0.39, 0.29) is 10.5 Å². The van der Waals surface area contributed by atoms with Crippen LogP contribution in [0, 0.1) is 0 Å². The lowest BCUT2D eigenvalue weighted by Crippen LogP contribution is -2.31. The van der Waals surface area contributed by atoms with Gasteiger partial charge in [0.15, 0.2) is 0 Å². The van der Waals surface area contributed by atoms with Crippen LogP contribution in [0.15, 0.2) is 23.3 Å². The third kappa shape index (κ3) is 2.47. The Morgan fingerprint density at radius 1 is 1.47 bits per heavy atom. The molecule has 0 radical (unpaired) electrons. The Morgan fingerprint density at radius 3 is 3.21 bits per heavy atom. The minimum absolute atomic E-state index is 0.0600. The summed E-state index contributed by atoms with van der Waals surface area (Å²) in [6.07, 6.45) is 3.19. The van der Waals surface area contributed by atoms with Crippen LogP contribution in [-0.2, 0) is 6.42 Å². The van der Waals surface area contributed by atoms with Crippen molar-refractivity contribution in [2.75, 3.05) is 11.9 Å². The largest absolute Gasteiger partial charge is 0.385 e. The van der Waals surface area contributed by atoms with Crippen LogP contribution >= 0.6 is 11.8 Å². The van der Waals surface area contributed by atoms with Crippen molar-refractivity contribution < 1.29 is 4.79 Å². The van der Waals surface area contributed by atoms with E-state index in [1.54, 1.807) is 0 Å². The maximum Gasteiger partial charge on any atom is 0.299 e. The van der Waals surface area contributed by atoms with Crippen LogP contribution in [0.4, 0.5) is 10.5 Å². The van der Waals surface area contributed by atoms with Crippen molar-refractivity contribution in [3.63, 3.8) is 0 Å². The zero-order chi connectivity index (χ0) is 13.2. The number of hydrazone groups is 1. The van der Waals surface area contributed by atoms with E-state index in [2.05, 4.69) is 41.0 Å². The fourth-order valence-corrected chi connectivity index (χ4v) is 3.37. The number of carbonyl (C=O) groups is 1. The molecule has 0 bridgehead atoms. The van der Waals surface area contributed by atoms with Gasteiger partial charge in [-0.15, -0.1) is 0 Å². The van der Waals surface area contributed by atoms with Gasteiger partial charge in [-0.25, -0.2) is 5.43 Å². The Balaban J connectivity index is 1.95. The number of benzene rings is 1. The van der Waals surface area contributed by atoms with Gasteiger partial charge < -0.3 is 5.32 Å². The maximum atomic E-state index is 11.4. The molecule has 0 fully saturated rings. The first-order valence-corrected chi connectivity index (χ1v) is 7.57. The van der Waals surface area contributed by atoms with Crippen LogP contribution in [0.5, 0.6) is 0 Å². The van der Waals surface area contributed by atoms with Gasteiger partial charge in [-0.3, -0.25) is 4.79 Å². The lowest BCUT2D eigenvalue weighted by atomic mass is 9.97. The highest BCUT2D eigenvalue weighted by atomic mass is 32.2. The van der Waals surface area contributed by atoms with E-state index in [9.17, 15) is 4.79 Å². The molecule has 100 valence electrons. The van der Waals surface area contributed by atoms with E-state index in [0.717, 1.165) is 30.7 Å². The highest BCUT2D eigenvalue weighted by molar-refractivity contribution is 8.14. The molecule has 5 heteroatoms. The Bertz CT molecular complexity index is 541. The molecule has 2 aliphatic rings. The van der Waals surface area contributed by atoms with Crippen LogP contribution < -0.4 is 10.7 Å². The molecule has 1 amide bonds. The van der Waals surface area contributed by atoms with E-state index in [1.165, 1.54) is 29.4 Å². The van der Waals surface area contributed by atoms with Crippen LogP contribution in [0.3, 0.4) is 0 Å². The monoisotopic (exact) mass is 275 g/mol. The molecule has 0 spiro atoms. The van der Waals surface area contributed by atoms with Crippen molar-refractivity contribution in [3.05, 3.63) is 29.3 Å².